The van der Waals surface area contributed by atoms with E-state index in [0.717, 1.165) is 11.3 Å². The highest BCUT2D eigenvalue weighted by molar-refractivity contribution is 5.77. The maximum Gasteiger partial charge on any atom is 0.311 e. The highest BCUT2D eigenvalue weighted by Gasteiger charge is 2.31. The molecule has 0 aromatic heterocycles. The zero-order chi connectivity index (χ0) is 12.0. The van der Waals surface area contributed by atoms with Gasteiger partial charge < -0.3 is 14.2 Å². The first kappa shape index (κ1) is 10.4. The monoisotopic (exact) mass is 234 g/mol. The minimum atomic E-state index is -0.171. The molecule has 0 saturated carbocycles. The molecule has 0 fully saturated rings. The lowest BCUT2D eigenvalue weighted by atomic mass is 9.84. The van der Waals surface area contributed by atoms with E-state index in [0.29, 0.717) is 23.8 Å². The number of rotatable bonds is 1. The van der Waals surface area contributed by atoms with Gasteiger partial charge in [-0.3, -0.25) is 4.79 Å². The summed E-state index contributed by atoms with van der Waals surface area (Å²) in [5, 5.41) is 0. The van der Waals surface area contributed by atoms with Crippen LogP contribution in [0, 0.1) is 5.92 Å². The van der Waals surface area contributed by atoms with Crippen LogP contribution in [0.2, 0.25) is 0 Å². The molecule has 2 aliphatic heterocycles. The first-order valence-corrected chi connectivity index (χ1v) is 5.79. The molecule has 1 aromatic rings. The van der Waals surface area contributed by atoms with Crippen LogP contribution in [0.5, 0.6) is 17.2 Å². The molecule has 17 heavy (non-hydrogen) atoms. The Balaban J connectivity index is 2.10. The smallest absolute Gasteiger partial charge is 0.311 e. The van der Waals surface area contributed by atoms with E-state index in [1.165, 1.54) is 0 Å². The van der Waals surface area contributed by atoms with Gasteiger partial charge in [0, 0.05) is 17.5 Å². The number of hydrogen-bond donors (Lipinski definition) is 0. The second-order valence-electron chi connectivity index (χ2n) is 4.77. The van der Waals surface area contributed by atoms with Crippen molar-refractivity contribution in [2.45, 2.75) is 26.2 Å². The van der Waals surface area contributed by atoms with Crippen molar-refractivity contribution < 1.29 is 19.0 Å². The molecule has 0 saturated heterocycles. The predicted octanol–water partition coefficient (Wildman–Crippen LogP) is 2.46. The second kappa shape index (κ2) is 3.65. The van der Waals surface area contributed by atoms with Crippen molar-refractivity contribution in [3.8, 4) is 17.2 Å². The van der Waals surface area contributed by atoms with Gasteiger partial charge in [-0.15, -0.1) is 0 Å². The van der Waals surface area contributed by atoms with Crippen molar-refractivity contribution in [3.63, 3.8) is 0 Å². The molecule has 4 nitrogen and oxygen atoms in total. The lowest BCUT2D eigenvalue weighted by Gasteiger charge is -2.27. The van der Waals surface area contributed by atoms with Crippen LogP contribution < -0.4 is 14.2 Å². The Bertz CT molecular complexity index is 479. The molecule has 1 aromatic carbocycles. The van der Waals surface area contributed by atoms with Crippen molar-refractivity contribution in [2.75, 3.05) is 6.79 Å². The van der Waals surface area contributed by atoms with Crippen LogP contribution in [0.25, 0.3) is 0 Å². The molecule has 0 amide bonds. The Morgan fingerprint density at radius 3 is 2.59 bits per heavy atom. The van der Waals surface area contributed by atoms with Crippen molar-refractivity contribution in [1.29, 1.82) is 0 Å². The maximum atomic E-state index is 11.5. The van der Waals surface area contributed by atoms with Crippen molar-refractivity contribution in [3.05, 3.63) is 17.7 Å². The van der Waals surface area contributed by atoms with E-state index in [9.17, 15) is 4.79 Å². The first-order valence-electron chi connectivity index (χ1n) is 5.79. The summed E-state index contributed by atoms with van der Waals surface area (Å²) in [6.45, 7) is 4.45. The lowest BCUT2D eigenvalue weighted by Crippen LogP contribution is -2.23. The van der Waals surface area contributed by atoms with Crippen molar-refractivity contribution >= 4 is 5.97 Å². The summed E-state index contributed by atoms with van der Waals surface area (Å²) in [5.74, 6) is 2.43. The molecule has 2 aliphatic rings. The van der Waals surface area contributed by atoms with E-state index in [2.05, 4.69) is 13.8 Å². The van der Waals surface area contributed by atoms with Crippen LogP contribution in [-0.2, 0) is 4.79 Å². The van der Waals surface area contributed by atoms with Gasteiger partial charge in [0.2, 0.25) is 6.79 Å². The van der Waals surface area contributed by atoms with E-state index in [4.69, 9.17) is 14.2 Å². The average molecular weight is 234 g/mol. The fraction of sp³-hybridized carbons (Fsp3) is 0.462. The molecule has 2 heterocycles. The minimum Gasteiger partial charge on any atom is -0.454 e. The Morgan fingerprint density at radius 2 is 1.88 bits per heavy atom. The van der Waals surface area contributed by atoms with Gasteiger partial charge in [-0.05, 0) is 12.0 Å². The van der Waals surface area contributed by atoms with Gasteiger partial charge in [0.1, 0.15) is 5.75 Å². The van der Waals surface area contributed by atoms with Crippen LogP contribution in [-0.4, -0.2) is 12.8 Å². The third-order valence-electron chi connectivity index (χ3n) is 3.32. The third-order valence-corrected chi connectivity index (χ3v) is 3.32. The Labute approximate surface area is 99.5 Å². The molecule has 0 N–H and O–H groups in total. The van der Waals surface area contributed by atoms with E-state index in [1.54, 1.807) is 6.07 Å². The SMILES string of the molecule is CC(C)[C@@H]1CC(=O)Oc2cc3c(cc21)OCO3. The Kier molecular flexibility index (Phi) is 2.24. The maximum absolute atomic E-state index is 11.5. The minimum absolute atomic E-state index is 0.171. The van der Waals surface area contributed by atoms with Crippen LogP contribution >= 0.6 is 0 Å². The number of benzene rings is 1. The molecule has 0 unspecified atom stereocenters. The standard InChI is InChI=1S/C13H14O4/c1-7(2)8-4-13(14)17-10-5-12-11(3-9(8)10)15-6-16-12/h3,5,7-8H,4,6H2,1-2H3/t8-/m0/s1. The first-order chi connectivity index (χ1) is 8.15. The second-order valence-corrected chi connectivity index (χ2v) is 4.77. The summed E-state index contributed by atoms with van der Waals surface area (Å²) in [4.78, 5) is 11.5. The van der Waals surface area contributed by atoms with E-state index in [1.807, 2.05) is 6.07 Å². The Hall–Kier alpha value is -1.71. The molecule has 90 valence electrons. The van der Waals surface area contributed by atoms with Gasteiger partial charge >= 0.3 is 5.97 Å². The van der Waals surface area contributed by atoms with Crippen LogP contribution in [0.15, 0.2) is 12.1 Å². The average Bonchev–Trinajstić information content (AvgIpc) is 2.71. The number of esters is 1. The molecule has 3 rings (SSSR count). The highest BCUT2D eigenvalue weighted by atomic mass is 16.7. The summed E-state index contributed by atoms with van der Waals surface area (Å²) in [6.07, 6.45) is 0.435. The van der Waals surface area contributed by atoms with Gasteiger partial charge in [0.25, 0.3) is 0 Å². The van der Waals surface area contributed by atoms with Gasteiger partial charge in [0.05, 0.1) is 6.42 Å². The number of hydrogen-bond acceptors (Lipinski definition) is 4. The van der Waals surface area contributed by atoms with Crippen LogP contribution in [0.4, 0.5) is 0 Å². The topological polar surface area (TPSA) is 44.8 Å². The fourth-order valence-corrected chi connectivity index (χ4v) is 2.37. The van der Waals surface area contributed by atoms with Gasteiger partial charge in [-0.1, -0.05) is 13.8 Å². The van der Waals surface area contributed by atoms with E-state index >= 15 is 0 Å². The number of carbonyl (C=O) groups excluding carboxylic acids is 1. The molecule has 4 heteroatoms. The zero-order valence-corrected chi connectivity index (χ0v) is 9.86. The van der Waals surface area contributed by atoms with E-state index < -0.39 is 0 Å². The summed E-state index contributed by atoms with van der Waals surface area (Å²) >= 11 is 0. The molecule has 0 radical (unpaired) electrons. The van der Waals surface area contributed by atoms with Gasteiger partial charge in [0.15, 0.2) is 11.5 Å². The molecular weight excluding hydrogens is 220 g/mol. The summed E-state index contributed by atoms with van der Waals surface area (Å²) in [6, 6.07) is 3.69. The third kappa shape index (κ3) is 1.64. The van der Waals surface area contributed by atoms with Crippen molar-refractivity contribution in [1.82, 2.24) is 0 Å². The largest absolute Gasteiger partial charge is 0.454 e. The van der Waals surface area contributed by atoms with E-state index in [-0.39, 0.29) is 18.7 Å². The van der Waals surface area contributed by atoms with Gasteiger partial charge in [-0.25, -0.2) is 0 Å². The lowest BCUT2D eigenvalue weighted by molar-refractivity contribution is -0.136. The van der Waals surface area contributed by atoms with Crippen molar-refractivity contribution in [2.24, 2.45) is 5.92 Å². The summed E-state index contributed by atoms with van der Waals surface area (Å²) in [5.41, 5.74) is 1.05. The quantitative estimate of drug-likeness (QED) is 0.553. The number of ether oxygens (including phenoxy) is 3. The predicted molar refractivity (Wildman–Crippen MR) is 60.4 cm³/mol. The Morgan fingerprint density at radius 1 is 1.18 bits per heavy atom. The highest BCUT2D eigenvalue weighted by Crippen LogP contribution is 2.45. The number of fused-ring (bicyclic) bond motifs is 2. The fourth-order valence-electron chi connectivity index (χ4n) is 2.37. The van der Waals surface area contributed by atoms with Crippen LogP contribution in [0.3, 0.4) is 0 Å². The molecule has 0 aliphatic carbocycles. The normalized spacial score (nSPS) is 21.4. The molecule has 0 spiro atoms. The molecule has 0 bridgehead atoms. The molecular formula is C13H14O4. The molecule has 1 atom stereocenters. The van der Waals surface area contributed by atoms with Crippen LogP contribution in [0.1, 0.15) is 31.7 Å². The summed E-state index contributed by atoms with van der Waals surface area (Å²) < 4.78 is 15.9. The van der Waals surface area contributed by atoms with Gasteiger partial charge in [-0.2, -0.15) is 0 Å². The zero-order valence-electron chi connectivity index (χ0n) is 9.86. The summed E-state index contributed by atoms with van der Waals surface area (Å²) in [7, 11) is 0. The number of carbonyl (C=O) groups is 1.